The zero-order valence-corrected chi connectivity index (χ0v) is 13.9. The predicted molar refractivity (Wildman–Crippen MR) is 86.6 cm³/mol. The molecule has 0 aliphatic heterocycles. The number of carboxylic acid groups (broad SMARTS) is 1. The molecular formula is C18H25ClO2. The van der Waals surface area contributed by atoms with E-state index in [0.717, 1.165) is 30.7 Å². The van der Waals surface area contributed by atoms with Crippen LogP contribution in [0.4, 0.5) is 0 Å². The first-order valence-corrected chi connectivity index (χ1v) is 8.12. The van der Waals surface area contributed by atoms with Crippen LogP contribution >= 0.6 is 11.6 Å². The summed E-state index contributed by atoms with van der Waals surface area (Å²) in [6.45, 7) is 6.79. The van der Waals surface area contributed by atoms with Crippen molar-refractivity contribution in [2.45, 2.75) is 46.5 Å². The smallest absolute Gasteiger partial charge is 0.306 e. The van der Waals surface area contributed by atoms with E-state index in [4.69, 9.17) is 11.6 Å². The second-order valence-electron chi connectivity index (χ2n) is 7.41. The van der Waals surface area contributed by atoms with Crippen LogP contribution in [0.1, 0.15) is 45.6 Å². The van der Waals surface area contributed by atoms with Gasteiger partial charge in [0, 0.05) is 5.02 Å². The maximum Gasteiger partial charge on any atom is 0.306 e. The van der Waals surface area contributed by atoms with Crippen LogP contribution in [0.2, 0.25) is 5.02 Å². The Balaban J connectivity index is 2.14. The lowest BCUT2D eigenvalue weighted by molar-refractivity contribution is -0.146. The summed E-state index contributed by atoms with van der Waals surface area (Å²) in [4.78, 5) is 11.5. The van der Waals surface area contributed by atoms with E-state index in [1.54, 1.807) is 0 Å². The molecule has 0 spiro atoms. The van der Waals surface area contributed by atoms with Crippen molar-refractivity contribution in [3.8, 4) is 0 Å². The molecule has 21 heavy (non-hydrogen) atoms. The van der Waals surface area contributed by atoms with E-state index >= 15 is 0 Å². The largest absolute Gasteiger partial charge is 0.481 e. The molecular weight excluding hydrogens is 284 g/mol. The highest BCUT2D eigenvalue weighted by atomic mass is 35.5. The van der Waals surface area contributed by atoms with Gasteiger partial charge in [0.1, 0.15) is 0 Å². The van der Waals surface area contributed by atoms with Gasteiger partial charge in [0.15, 0.2) is 0 Å². The minimum absolute atomic E-state index is 0.209. The molecule has 1 aromatic carbocycles. The lowest BCUT2D eigenvalue weighted by Gasteiger charge is -2.40. The molecule has 0 amide bonds. The van der Waals surface area contributed by atoms with E-state index in [-0.39, 0.29) is 17.3 Å². The monoisotopic (exact) mass is 308 g/mol. The number of carboxylic acids is 1. The maximum atomic E-state index is 11.5. The van der Waals surface area contributed by atoms with E-state index in [1.807, 2.05) is 24.3 Å². The predicted octanol–water partition coefficient (Wildman–Crippen LogP) is 5.05. The van der Waals surface area contributed by atoms with Crippen LogP contribution in [0.15, 0.2) is 24.3 Å². The summed E-state index contributed by atoms with van der Waals surface area (Å²) < 4.78 is 0. The normalized spacial score (nSPS) is 26.6. The molecule has 0 saturated heterocycles. The molecule has 3 heteroatoms. The van der Waals surface area contributed by atoms with Gasteiger partial charge < -0.3 is 5.11 Å². The van der Waals surface area contributed by atoms with Crippen molar-refractivity contribution in [3.05, 3.63) is 34.9 Å². The molecule has 1 saturated carbocycles. The molecule has 1 aliphatic carbocycles. The second-order valence-corrected chi connectivity index (χ2v) is 7.85. The van der Waals surface area contributed by atoms with Crippen LogP contribution in [-0.4, -0.2) is 11.1 Å². The Kier molecular flexibility index (Phi) is 4.98. The zero-order chi connectivity index (χ0) is 15.6. The van der Waals surface area contributed by atoms with Crippen molar-refractivity contribution >= 4 is 17.6 Å². The lowest BCUT2D eigenvalue weighted by Crippen LogP contribution is -2.36. The molecule has 1 fully saturated rings. The van der Waals surface area contributed by atoms with Gasteiger partial charge in [0.05, 0.1) is 5.92 Å². The Morgan fingerprint density at radius 2 is 1.86 bits per heavy atom. The molecule has 2 rings (SSSR count). The van der Waals surface area contributed by atoms with Gasteiger partial charge in [-0.2, -0.15) is 0 Å². The highest BCUT2D eigenvalue weighted by Gasteiger charge is 2.38. The van der Waals surface area contributed by atoms with Crippen molar-refractivity contribution < 1.29 is 9.90 Å². The van der Waals surface area contributed by atoms with Crippen LogP contribution in [0, 0.1) is 23.2 Å². The maximum absolute atomic E-state index is 11.5. The molecule has 2 nitrogen and oxygen atoms in total. The fourth-order valence-corrected chi connectivity index (χ4v) is 3.65. The molecule has 116 valence electrons. The highest BCUT2D eigenvalue weighted by Crippen LogP contribution is 2.44. The summed E-state index contributed by atoms with van der Waals surface area (Å²) in [7, 11) is 0. The first-order chi connectivity index (χ1) is 9.77. The third-order valence-electron chi connectivity index (χ3n) is 4.94. The van der Waals surface area contributed by atoms with E-state index < -0.39 is 5.97 Å². The van der Waals surface area contributed by atoms with Gasteiger partial charge >= 0.3 is 5.97 Å². The Morgan fingerprint density at radius 3 is 2.38 bits per heavy atom. The van der Waals surface area contributed by atoms with Crippen LogP contribution in [0.5, 0.6) is 0 Å². The fourth-order valence-electron chi connectivity index (χ4n) is 3.52. The number of aliphatic carboxylic acids is 1. The first-order valence-electron chi connectivity index (χ1n) is 7.74. The Bertz CT molecular complexity index is 487. The molecule has 0 bridgehead atoms. The van der Waals surface area contributed by atoms with Gasteiger partial charge in [-0.05, 0) is 60.6 Å². The van der Waals surface area contributed by atoms with Gasteiger partial charge in [-0.15, -0.1) is 0 Å². The quantitative estimate of drug-likeness (QED) is 0.848. The fraction of sp³-hybridized carbons (Fsp3) is 0.611. The molecule has 0 aromatic heterocycles. The number of halogens is 1. The molecule has 1 N–H and O–H groups in total. The van der Waals surface area contributed by atoms with Gasteiger partial charge in [0.25, 0.3) is 0 Å². The Hall–Kier alpha value is -1.02. The van der Waals surface area contributed by atoms with Crippen molar-refractivity contribution in [1.82, 2.24) is 0 Å². The number of rotatable bonds is 3. The van der Waals surface area contributed by atoms with Gasteiger partial charge in [-0.3, -0.25) is 4.79 Å². The van der Waals surface area contributed by atoms with Gasteiger partial charge in [-0.1, -0.05) is 44.5 Å². The lowest BCUT2D eigenvalue weighted by atomic mass is 9.64. The van der Waals surface area contributed by atoms with Crippen molar-refractivity contribution in [2.75, 3.05) is 0 Å². The molecule has 3 atom stereocenters. The molecule has 1 aliphatic rings. The van der Waals surface area contributed by atoms with Gasteiger partial charge in [-0.25, -0.2) is 0 Å². The summed E-state index contributed by atoms with van der Waals surface area (Å²) in [5, 5.41) is 10.2. The molecule has 0 heterocycles. The number of carbonyl (C=O) groups is 1. The van der Waals surface area contributed by atoms with E-state index in [9.17, 15) is 9.90 Å². The van der Waals surface area contributed by atoms with E-state index in [1.165, 1.54) is 5.56 Å². The van der Waals surface area contributed by atoms with Crippen LogP contribution in [0.25, 0.3) is 0 Å². The summed E-state index contributed by atoms with van der Waals surface area (Å²) in [6, 6.07) is 7.80. The average Bonchev–Trinajstić information content (AvgIpc) is 2.40. The Morgan fingerprint density at radius 1 is 1.24 bits per heavy atom. The highest BCUT2D eigenvalue weighted by molar-refractivity contribution is 6.30. The van der Waals surface area contributed by atoms with E-state index in [0.29, 0.717) is 5.92 Å². The Labute approximate surface area is 132 Å². The van der Waals surface area contributed by atoms with Crippen molar-refractivity contribution in [1.29, 1.82) is 0 Å². The molecule has 3 unspecified atom stereocenters. The van der Waals surface area contributed by atoms with Crippen molar-refractivity contribution in [2.24, 2.45) is 23.2 Å². The number of hydrogen-bond acceptors (Lipinski definition) is 1. The van der Waals surface area contributed by atoms with Crippen LogP contribution in [-0.2, 0) is 11.2 Å². The topological polar surface area (TPSA) is 37.3 Å². The number of hydrogen-bond donors (Lipinski definition) is 1. The second kappa shape index (κ2) is 6.39. The standard InChI is InChI=1S/C18H25ClO2/c1-18(2,3)14-6-9-16(17(20)21)13(11-14)10-12-4-7-15(19)8-5-12/h4-5,7-8,13-14,16H,6,9-11H2,1-3H3,(H,20,21). The number of benzene rings is 1. The van der Waals surface area contributed by atoms with Crippen molar-refractivity contribution in [3.63, 3.8) is 0 Å². The van der Waals surface area contributed by atoms with Crippen LogP contribution < -0.4 is 0 Å². The average molecular weight is 309 g/mol. The van der Waals surface area contributed by atoms with E-state index in [2.05, 4.69) is 20.8 Å². The minimum atomic E-state index is -0.638. The molecule has 1 aromatic rings. The third kappa shape index (κ3) is 4.23. The zero-order valence-electron chi connectivity index (χ0n) is 13.1. The molecule has 0 radical (unpaired) electrons. The third-order valence-corrected chi connectivity index (χ3v) is 5.19. The SMILES string of the molecule is CC(C)(C)C1CCC(C(=O)O)C(Cc2ccc(Cl)cc2)C1. The summed E-state index contributed by atoms with van der Waals surface area (Å²) in [5.41, 5.74) is 1.44. The summed E-state index contributed by atoms with van der Waals surface area (Å²) in [6.07, 6.45) is 3.66. The summed E-state index contributed by atoms with van der Waals surface area (Å²) in [5.74, 6) is -0.0207. The van der Waals surface area contributed by atoms with Crippen LogP contribution in [0.3, 0.4) is 0 Å². The summed E-state index contributed by atoms with van der Waals surface area (Å²) >= 11 is 5.92. The minimum Gasteiger partial charge on any atom is -0.481 e. The van der Waals surface area contributed by atoms with Gasteiger partial charge in [0.2, 0.25) is 0 Å². The first kappa shape index (κ1) is 16.4.